The van der Waals surface area contributed by atoms with Crippen LogP contribution in [-0.4, -0.2) is 44.4 Å². The van der Waals surface area contributed by atoms with Crippen molar-refractivity contribution in [3.05, 3.63) is 30.1 Å². The smallest absolute Gasteiger partial charge is 0.191 e. The minimum Gasteiger partial charge on any atom is -0.486 e. The molecule has 1 heterocycles. The summed E-state index contributed by atoms with van der Waals surface area (Å²) in [4.78, 5) is 4.31. The third-order valence-electron chi connectivity index (χ3n) is 5.34. The van der Waals surface area contributed by atoms with Gasteiger partial charge in [0.15, 0.2) is 17.5 Å². The third-order valence-corrected chi connectivity index (χ3v) is 5.34. The molecule has 0 bridgehead atoms. The van der Waals surface area contributed by atoms with Gasteiger partial charge in [-0.25, -0.2) is 4.39 Å². The normalized spacial score (nSPS) is 27.6. The Bertz CT molecular complexity index is 641. The summed E-state index contributed by atoms with van der Waals surface area (Å²) in [6.07, 6.45) is 1.24. The second-order valence-corrected chi connectivity index (χ2v) is 7.50. The van der Waals surface area contributed by atoms with Gasteiger partial charge in [-0.2, -0.15) is 0 Å². The first kappa shape index (κ1) is 21.2. The average molecular weight is 477 g/mol. The van der Waals surface area contributed by atoms with Crippen LogP contribution in [-0.2, 0) is 4.74 Å². The molecule has 3 rings (SSSR count). The number of nitrogens with one attached hydrogen (secondary N) is 2. The van der Waals surface area contributed by atoms with Crippen molar-refractivity contribution in [2.75, 3.05) is 20.2 Å². The highest BCUT2D eigenvalue weighted by Crippen LogP contribution is 2.52. The van der Waals surface area contributed by atoms with Crippen molar-refractivity contribution in [2.24, 2.45) is 16.3 Å². The van der Waals surface area contributed by atoms with Gasteiger partial charge in [-0.15, -0.1) is 24.0 Å². The lowest BCUT2D eigenvalue weighted by molar-refractivity contribution is -0.106. The molecule has 0 amide bonds. The van der Waals surface area contributed by atoms with Crippen LogP contribution in [0.4, 0.5) is 4.39 Å². The molecule has 146 valence electrons. The van der Waals surface area contributed by atoms with Crippen LogP contribution in [0.25, 0.3) is 0 Å². The fourth-order valence-corrected chi connectivity index (χ4v) is 4.00. The maximum absolute atomic E-state index is 13.7. The summed E-state index contributed by atoms with van der Waals surface area (Å²) in [6, 6.07) is 6.79. The maximum Gasteiger partial charge on any atom is 0.191 e. The van der Waals surface area contributed by atoms with Crippen LogP contribution in [0.15, 0.2) is 29.3 Å². The molecule has 4 atom stereocenters. The van der Waals surface area contributed by atoms with E-state index in [1.165, 1.54) is 6.07 Å². The van der Waals surface area contributed by atoms with Gasteiger partial charge in [0, 0.05) is 31.0 Å². The van der Waals surface area contributed by atoms with Crippen molar-refractivity contribution in [3.8, 4) is 5.75 Å². The van der Waals surface area contributed by atoms with Crippen LogP contribution in [0, 0.1) is 17.2 Å². The molecule has 26 heavy (non-hydrogen) atoms. The molecule has 5 nitrogen and oxygen atoms in total. The van der Waals surface area contributed by atoms with Crippen LogP contribution in [0.5, 0.6) is 5.75 Å². The molecule has 7 heteroatoms. The van der Waals surface area contributed by atoms with E-state index in [2.05, 4.69) is 29.5 Å². The Morgan fingerprint density at radius 1 is 1.42 bits per heavy atom. The first-order valence-electron chi connectivity index (χ1n) is 8.93. The van der Waals surface area contributed by atoms with Gasteiger partial charge in [0.05, 0.1) is 12.6 Å². The number of halogens is 2. The number of fused-ring (bicyclic) bond motifs is 1. The molecule has 1 aromatic rings. The maximum atomic E-state index is 13.7. The topological polar surface area (TPSA) is 54.9 Å². The quantitative estimate of drug-likeness (QED) is 0.389. The molecule has 4 unspecified atom stereocenters. The van der Waals surface area contributed by atoms with Crippen molar-refractivity contribution < 1.29 is 13.9 Å². The molecular weight excluding hydrogens is 448 g/mol. The third kappa shape index (κ3) is 4.24. The molecule has 1 saturated carbocycles. The molecule has 2 aliphatic rings. The number of hydrogen-bond donors (Lipinski definition) is 2. The van der Waals surface area contributed by atoms with E-state index in [0.717, 1.165) is 19.0 Å². The highest BCUT2D eigenvalue weighted by atomic mass is 127. The first-order valence-corrected chi connectivity index (χ1v) is 8.93. The monoisotopic (exact) mass is 477 g/mol. The van der Waals surface area contributed by atoms with Gasteiger partial charge in [0.2, 0.25) is 0 Å². The Hall–Kier alpha value is -1.09. The van der Waals surface area contributed by atoms with Gasteiger partial charge >= 0.3 is 0 Å². The number of ether oxygens (including phenoxy) is 2. The van der Waals surface area contributed by atoms with Gasteiger partial charge in [0.1, 0.15) is 6.10 Å². The van der Waals surface area contributed by atoms with E-state index in [9.17, 15) is 4.39 Å². The second-order valence-electron chi connectivity index (χ2n) is 7.50. The average Bonchev–Trinajstić information content (AvgIpc) is 3.04. The Labute approximate surface area is 172 Å². The number of para-hydroxylation sites is 1. The molecule has 2 N–H and O–H groups in total. The summed E-state index contributed by atoms with van der Waals surface area (Å²) in [5.74, 6) is 1.21. The van der Waals surface area contributed by atoms with Crippen molar-refractivity contribution in [1.29, 1.82) is 0 Å². The summed E-state index contributed by atoms with van der Waals surface area (Å²) in [5, 5.41) is 6.80. The van der Waals surface area contributed by atoms with E-state index >= 15 is 0 Å². The van der Waals surface area contributed by atoms with Crippen molar-refractivity contribution in [2.45, 2.75) is 45.4 Å². The minimum atomic E-state index is -0.347. The molecule has 1 aliphatic heterocycles. The van der Waals surface area contributed by atoms with Crippen molar-refractivity contribution >= 4 is 29.9 Å². The fourth-order valence-electron chi connectivity index (χ4n) is 4.00. The molecule has 0 radical (unpaired) electrons. The largest absolute Gasteiger partial charge is 0.486 e. The highest BCUT2D eigenvalue weighted by molar-refractivity contribution is 14.0. The van der Waals surface area contributed by atoms with Crippen LogP contribution in [0.3, 0.4) is 0 Å². The van der Waals surface area contributed by atoms with Crippen LogP contribution in [0.1, 0.15) is 27.2 Å². The second kappa shape index (κ2) is 8.73. The summed E-state index contributed by atoms with van der Waals surface area (Å²) in [6.45, 7) is 7.74. The van der Waals surface area contributed by atoms with E-state index < -0.39 is 0 Å². The zero-order valence-corrected chi connectivity index (χ0v) is 18.1. The van der Waals surface area contributed by atoms with Crippen molar-refractivity contribution in [1.82, 2.24) is 10.6 Å². The zero-order valence-electron chi connectivity index (χ0n) is 15.8. The lowest BCUT2D eigenvalue weighted by atomic mass is 9.57. The molecule has 0 spiro atoms. The van der Waals surface area contributed by atoms with E-state index in [1.54, 1.807) is 25.2 Å². The Balaban J connectivity index is 0.00000243. The summed E-state index contributed by atoms with van der Waals surface area (Å²) >= 11 is 0. The van der Waals surface area contributed by atoms with Crippen LogP contribution < -0.4 is 15.4 Å². The summed E-state index contributed by atoms with van der Waals surface area (Å²) in [5.41, 5.74) is 0.0913. The predicted octanol–water partition coefficient (Wildman–Crippen LogP) is 3.19. The van der Waals surface area contributed by atoms with Crippen LogP contribution in [0.2, 0.25) is 0 Å². The standard InChI is InChI=1S/C19H28FN3O2.HI/c1-12(25-15-8-6-5-7-14(15)20)11-22-18(21-4)23-16-13-9-10-24-17(13)19(16,2)3;/h5-8,12-13,16-17H,9-11H2,1-4H3,(H2,21,22,23);1H. The van der Waals surface area contributed by atoms with E-state index in [-0.39, 0.29) is 47.1 Å². The van der Waals surface area contributed by atoms with Gasteiger partial charge in [0.25, 0.3) is 0 Å². The van der Waals surface area contributed by atoms with E-state index in [1.807, 2.05) is 6.92 Å². The zero-order chi connectivity index (χ0) is 18.0. The minimum absolute atomic E-state index is 0. The molecule has 2 fully saturated rings. The highest BCUT2D eigenvalue weighted by Gasteiger charge is 2.59. The van der Waals surface area contributed by atoms with Gasteiger partial charge in [-0.05, 0) is 25.5 Å². The SMILES string of the molecule is CN=C(NCC(C)Oc1ccccc1F)NC1C2CCOC2C1(C)C.I. The van der Waals surface area contributed by atoms with E-state index in [4.69, 9.17) is 9.47 Å². The van der Waals surface area contributed by atoms with Gasteiger partial charge < -0.3 is 20.1 Å². The molecule has 1 aliphatic carbocycles. The van der Waals surface area contributed by atoms with Crippen molar-refractivity contribution in [3.63, 3.8) is 0 Å². The molecule has 1 aromatic carbocycles. The lowest BCUT2D eigenvalue weighted by Crippen LogP contribution is -2.68. The van der Waals surface area contributed by atoms with Gasteiger partial charge in [-0.3, -0.25) is 4.99 Å². The fraction of sp³-hybridized carbons (Fsp3) is 0.632. The van der Waals surface area contributed by atoms with Crippen LogP contribution >= 0.6 is 24.0 Å². The molecular formula is C19H29FIN3O2. The Kier molecular flexibility index (Phi) is 7.12. The number of nitrogens with zero attached hydrogens (tertiary/aromatic N) is 1. The molecule has 1 saturated heterocycles. The number of aliphatic imine (C=N–C) groups is 1. The Morgan fingerprint density at radius 3 is 2.85 bits per heavy atom. The number of hydrogen-bond acceptors (Lipinski definition) is 3. The van der Waals surface area contributed by atoms with Gasteiger partial charge in [-0.1, -0.05) is 26.0 Å². The summed E-state index contributed by atoms with van der Waals surface area (Å²) in [7, 11) is 1.76. The number of rotatable bonds is 5. The number of guanidine groups is 1. The predicted molar refractivity (Wildman–Crippen MR) is 112 cm³/mol. The molecule has 0 aromatic heterocycles. The lowest BCUT2D eigenvalue weighted by Gasteiger charge is -2.54. The first-order chi connectivity index (χ1) is 11.9. The Morgan fingerprint density at radius 2 is 2.15 bits per heavy atom. The van der Waals surface area contributed by atoms with E-state index in [0.29, 0.717) is 24.6 Å². The summed E-state index contributed by atoms with van der Waals surface area (Å²) < 4.78 is 25.1. The number of benzene rings is 1.